The molecule has 0 atom stereocenters. The molecule has 3 aromatic heterocycles. The van der Waals surface area contributed by atoms with E-state index in [0.717, 1.165) is 41.4 Å². The molecule has 0 bridgehead atoms. The van der Waals surface area contributed by atoms with Crippen LogP contribution in [0.5, 0.6) is 0 Å². The molecule has 1 aromatic carbocycles. The van der Waals surface area contributed by atoms with Crippen LogP contribution in [0.1, 0.15) is 58.8 Å². The molecule has 0 spiro atoms. The Morgan fingerprint density at radius 2 is 2.06 bits per heavy atom. The van der Waals surface area contributed by atoms with E-state index >= 15 is 0 Å². The van der Waals surface area contributed by atoms with Gasteiger partial charge in [-0.3, -0.25) is 4.79 Å². The van der Waals surface area contributed by atoms with Gasteiger partial charge in [-0.1, -0.05) is 19.4 Å². The first-order valence-electron chi connectivity index (χ1n) is 10.8. The largest absolute Gasteiger partial charge is 0.478 e. The number of nitrogen functional groups attached to an aromatic ring is 1. The Bertz CT molecular complexity index is 1370. The van der Waals surface area contributed by atoms with Gasteiger partial charge in [0.25, 0.3) is 5.91 Å². The molecular formula is C23H25BrN6O3. The number of benzene rings is 1. The number of hydrogen-bond donors (Lipinski definition) is 4. The summed E-state index contributed by atoms with van der Waals surface area (Å²) in [5.41, 5.74) is 10.2. The Hall–Kier alpha value is -3.40. The maximum Gasteiger partial charge on any atom is 0.335 e. The molecule has 33 heavy (non-hydrogen) atoms. The molecular weight excluding hydrogens is 488 g/mol. The lowest BCUT2D eigenvalue weighted by Gasteiger charge is -2.12. The van der Waals surface area contributed by atoms with Crippen molar-refractivity contribution in [3.8, 4) is 0 Å². The van der Waals surface area contributed by atoms with E-state index in [-0.39, 0.29) is 23.6 Å². The monoisotopic (exact) mass is 512 g/mol. The van der Waals surface area contributed by atoms with E-state index < -0.39 is 11.9 Å². The third-order valence-corrected chi connectivity index (χ3v) is 6.35. The van der Waals surface area contributed by atoms with Gasteiger partial charge in [-0.05, 0) is 53.4 Å². The highest BCUT2D eigenvalue weighted by molar-refractivity contribution is 9.10. The third-order valence-electron chi connectivity index (χ3n) is 5.75. The third kappa shape index (κ3) is 4.18. The van der Waals surface area contributed by atoms with E-state index in [4.69, 9.17) is 5.73 Å². The van der Waals surface area contributed by atoms with Crippen molar-refractivity contribution in [1.29, 1.82) is 0 Å². The number of aromatic amines is 1. The van der Waals surface area contributed by atoms with Gasteiger partial charge in [-0.25, -0.2) is 14.8 Å². The highest BCUT2D eigenvalue weighted by Gasteiger charge is 2.21. The van der Waals surface area contributed by atoms with Gasteiger partial charge < -0.3 is 25.7 Å². The molecule has 0 fully saturated rings. The van der Waals surface area contributed by atoms with Crippen molar-refractivity contribution in [3.05, 3.63) is 51.4 Å². The number of unbranched alkanes of at least 4 members (excludes halogenated alkanes) is 1. The molecule has 0 aliphatic rings. The van der Waals surface area contributed by atoms with Gasteiger partial charge in [-0.2, -0.15) is 0 Å². The SMILES string of the molecule is CCCCc1c(CNC(=O)c2nc3c(Br)c[nH]c3nc2N)n(CC)c2cc(C(=O)O)ccc12. The van der Waals surface area contributed by atoms with Crippen LogP contribution >= 0.6 is 15.9 Å². The summed E-state index contributed by atoms with van der Waals surface area (Å²) in [4.78, 5) is 36.1. The quantitative estimate of drug-likeness (QED) is 0.278. The fraction of sp³-hybridized carbons (Fsp3) is 0.304. The predicted octanol–water partition coefficient (Wildman–Crippen LogP) is 4.25. The highest BCUT2D eigenvalue weighted by Crippen LogP contribution is 2.29. The molecule has 4 aromatic rings. The normalized spacial score (nSPS) is 11.4. The number of hydrogen-bond acceptors (Lipinski definition) is 5. The van der Waals surface area contributed by atoms with Crippen molar-refractivity contribution in [2.45, 2.75) is 46.2 Å². The molecule has 5 N–H and O–H groups in total. The van der Waals surface area contributed by atoms with Crippen LogP contribution in [0, 0.1) is 0 Å². The average Bonchev–Trinajstić information content (AvgIpc) is 3.31. The minimum Gasteiger partial charge on any atom is -0.478 e. The fourth-order valence-corrected chi connectivity index (χ4v) is 4.52. The Kier molecular flexibility index (Phi) is 6.37. The van der Waals surface area contributed by atoms with Gasteiger partial charge >= 0.3 is 5.97 Å². The number of carbonyl (C=O) groups is 2. The number of nitrogens with zero attached hydrogens (tertiary/aromatic N) is 3. The maximum atomic E-state index is 13.0. The summed E-state index contributed by atoms with van der Waals surface area (Å²) in [6.45, 7) is 5.03. The Morgan fingerprint density at radius 1 is 1.27 bits per heavy atom. The molecule has 9 nitrogen and oxygen atoms in total. The van der Waals surface area contributed by atoms with E-state index in [1.54, 1.807) is 18.3 Å². The Morgan fingerprint density at radius 3 is 2.76 bits per heavy atom. The first kappa shape index (κ1) is 22.8. The number of carboxylic acids is 1. The second-order valence-corrected chi connectivity index (χ2v) is 8.64. The number of nitrogens with two attached hydrogens (primary N) is 1. The zero-order valence-electron chi connectivity index (χ0n) is 18.4. The van der Waals surface area contributed by atoms with E-state index in [2.05, 4.69) is 47.7 Å². The lowest BCUT2D eigenvalue weighted by atomic mass is 10.0. The van der Waals surface area contributed by atoms with Gasteiger partial charge in [0.1, 0.15) is 5.52 Å². The van der Waals surface area contributed by atoms with Crippen molar-refractivity contribution in [2.75, 3.05) is 5.73 Å². The lowest BCUT2D eigenvalue weighted by Crippen LogP contribution is -2.27. The summed E-state index contributed by atoms with van der Waals surface area (Å²) in [5.74, 6) is -1.34. The number of rotatable bonds is 8. The second-order valence-electron chi connectivity index (χ2n) is 7.78. The van der Waals surface area contributed by atoms with E-state index in [0.29, 0.717) is 22.2 Å². The van der Waals surface area contributed by atoms with Crippen molar-refractivity contribution in [3.63, 3.8) is 0 Å². The van der Waals surface area contributed by atoms with E-state index in [9.17, 15) is 14.7 Å². The molecule has 10 heteroatoms. The first-order chi connectivity index (χ1) is 15.8. The number of aromatic nitrogens is 4. The topological polar surface area (TPSA) is 139 Å². The predicted molar refractivity (Wildman–Crippen MR) is 130 cm³/mol. The molecule has 0 unspecified atom stereocenters. The summed E-state index contributed by atoms with van der Waals surface area (Å²) in [6, 6.07) is 5.19. The lowest BCUT2D eigenvalue weighted by molar-refractivity contribution is 0.0696. The summed E-state index contributed by atoms with van der Waals surface area (Å²) < 4.78 is 2.76. The van der Waals surface area contributed by atoms with Gasteiger partial charge in [0.15, 0.2) is 17.2 Å². The fourth-order valence-electron chi connectivity index (χ4n) is 4.13. The van der Waals surface area contributed by atoms with Crippen LogP contribution in [0.25, 0.3) is 22.1 Å². The molecule has 0 aliphatic carbocycles. The number of aromatic carboxylic acids is 1. The number of carboxylic acid groups (broad SMARTS) is 1. The zero-order chi connectivity index (χ0) is 23.7. The molecule has 1 amide bonds. The molecule has 0 aliphatic heterocycles. The zero-order valence-corrected chi connectivity index (χ0v) is 20.0. The van der Waals surface area contributed by atoms with Crippen LogP contribution in [-0.2, 0) is 19.5 Å². The van der Waals surface area contributed by atoms with Crippen LogP contribution in [0.3, 0.4) is 0 Å². The molecule has 0 radical (unpaired) electrons. The van der Waals surface area contributed by atoms with Crippen LogP contribution in [0.2, 0.25) is 0 Å². The van der Waals surface area contributed by atoms with Crippen molar-refractivity contribution < 1.29 is 14.7 Å². The number of amides is 1. The Balaban J connectivity index is 1.71. The summed E-state index contributed by atoms with van der Waals surface area (Å²) in [7, 11) is 0. The smallest absolute Gasteiger partial charge is 0.335 e. The van der Waals surface area contributed by atoms with Crippen LogP contribution in [0.4, 0.5) is 5.82 Å². The van der Waals surface area contributed by atoms with Gasteiger partial charge in [-0.15, -0.1) is 0 Å². The van der Waals surface area contributed by atoms with E-state index in [1.165, 1.54) is 0 Å². The first-order valence-corrected chi connectivity index (χ1v) is 11.6. The minimum atomic E-state index is -0.967. The maximum absolute atomic E-state index is 13.0. The minimum absolute atomic E-state index is 0.0442. The number of H-pyrrole nitrogens is 1. The van der Waals surface area contributed by atoms with Crippen molar-refractivity contribution in [2.24, 2.45) is 0 Å². The second kappa shape index (κ2) is 9.22. The van der Waals surface area contributed by atoms with Gasteiger partial charge in [0.2, 0.25) is 0 Å². The van der Waals surface area contributed by atoms with Gasteiger partial charge in [0.05, 0.1) is 16.6 Å². The average molecular weight is 513 g/mol. The van der Waals surface area contributed by atoms with E-state index in [1.807, 2.05) is 13.0 Å². The molecule has 0 saturated heterocycles. The van der Waals surface area contributed by atoms with Crippen LogP contribution < -0.4 is 11.1 Å². The number of aryl methyl sites for hydroxylation is 2. The summed E-state index contributed by atoms with van der Waals surface area (Å²) in [6.07, 6.45) is 4.54. The number of nitrogens with one attached hydrogen (secondary N) is 2. The number of halogens is 1. The van der Waals surface area contributed by atoms with Crippen molar-refractivity contribution >= 4 is 55.7 Å². The number of fused-ring (bicyclic) bond motifs is 2. The summed E-state index contributed by atoms with van der Waals surface area (Å²) in [5, 5.41) is 13.4. The summed E-state index contributed by atoms with van der Waals surface area (Å²) >= 11 is 3.39. The van der Waals surface area contributed by atoms with Crippen LogP contribution in [0.15, 0.2) is 28.9 Å². The molecule has 3 heterocycles. The standard InChI is InChI=1S/C23H25BrN6O3/c1-3-5-6-13-14-8-7-12(23(32)33)9-16(14)30(4-2)17(13)11-27-22(31)19-20(25)29-21-18(28-19)15(24)10-26-21/h7-10H,3-6,11H2,1-2H3,(H,27,31)(H,32,33)(H3,25,26,29). The number of carbonyl (C=O) groups excluding carboxylic acids is 1. The van der Waals surface area contributed by atoms with Crippen LogP contribution in [-0.4, -0.2) is 36.5 Å². The Labute approximate surface area is 198 Å². The highest BCUT2D eigenvalue weighted by atomic mass is 79.9. The molecule has 172 valence electrons. The molecule has 0 saturated carbocycles. The molecule has 4 rings (SSSR count). The van der Waals surface area contributed by atoms with Gasteiger partial charge in [0, 0.05) is 29.3 Å². The number of anilines is 1. The van der Waals surface area contributed by atoms with Crippen molar-refractivity contribution in [1.82, 2.24) is 24.8 Å².